The topological polar surface area (TPSA) is 37.8 Å². The Bertz CT molecular complexity index is 256. The Morgan fingerprint density at radius 1 is 1.31 bits per heavy atom. The lowest BCUT2D eigenvalue weighted by molar-refractivity contribution is 0.621. The van der Waals surface area contributed by atoms with Gasteiger partial charge in [-0.1, -0.05) is 13.8 Å². The van der Waals surface area contributed by atoms with E-state index in [9.17, 15) is 0 Å². The van der Waals surface area contributed by atoms with Crippen molar-refractivity contribution in [3.05, 3.63) is 18.1 Å². The molecule has 0 aliphatic heterocycles. The van der Waals surface area contributed by atoms with Crippen molar-refractivity contribution < 1.29 is 0 Å². The first-order chi connectivity index (χ1) is 6.31. The molecule has 3 heteroatoms. The molecule has 1 rings (SSSR count). The van der Waals surface area contributed by atoms with Crippen LogP contribution in [0.4, 0.5) is 5.82 Å². The lowest BCUT2D eigenvalue weighted by Crippen LogP contribution is -2.01. The summed E-state index contributed by atoms with van der Waals surface area (Å²) in [7, 11) is 1.87. The zero-order valence-electron chi connectivity index (χ0n) is 8.54. The van der Waals surface area contributed by atoms with E-state index in [0.29, 0.717) is 5.92 Å². The van der Waals surface area contributed by atoms with Gasteiger partial charge < -0.3 is 5.32 Å². The normalized spacial score (nSPS) is 10.5. The maximum atomic E-state index is 4.28. The number of nitrogens with zero attached hydrogens (tertiary/aromatic N) is 2. The number of hydrogen-bond donors (Lipinski definition) is 1. The van der Waals surface area contributed by atoms with Crippen LogP contribution in [0.5, 0.6) is 0 Å². The Hall–Kier alpha value is -1.12. The highest BCUT2D eigenvalue weighted by atomic mass is 15.0. The molecule has 0 fully saturated rings. The maximum absolute atomic E-state index is 4.28. The molecule has 1 heterocycles. The van der Waals surface area contributed by atoms with Gasteiger partial charge in [0.15, 0.2) is 0 Å². The minimum Gasteiger partial charge on any atom is -0.373 e. The van der Waals surface area contributed by atoms with Crippen molar-refractivity contribution in [3.63, 3.8) is 0 Å². The molecular formula is C10H17N3. The summed E-state index contributed by atoms with van der Waals surface area (Å²) in [6.07, 6.45) is 3.90. The predicted octanol–water partition coefficient (Wildman–Crippen LogP) is 2.42. The van der Waals surface area contributed by atoms with E-state index < -0.39 is 0 Å². The highest BCUT2D eigenvalue weighted by molar-refractivity contribution is 5.34. The van der Waals surface area contributed by atoms with Gasteiger partial charge in [-0.05, 0) is 12.8 Å². The highest BCUT2D eigenvalue weighted by Gasteiger charge is 2.08. The summed E-state index contributed by atoms with van der Waals surface area (Å²) < 4.78 is 0. The average Bonchev–Trinajstić information content (AvgIpc) is 2.20. The molecule has 0 amide bonds. The Labute approximate surface area is 79.6 Å². The van der Waals surface area contributed by atoms with E-state index in [2.05, 4.69) is 29.1 Å². The van der Waals surface area contributed by atoms with Crippen LogP contribution in [-0.2, 0) is 0 Å². The summed E-state index contributed by atoms with van der Waals surface area (Å²) in [5.74, 6) is 1.46. The van der Waals surface area contributed by atoms with Crippen LogP contribution in [0, 0.1) is 0 Å². The van der Waals surface area contributed by atoms with Gasteiger partial charge in [0.25, 0.3) is 0 Å². The Kier molecular flexibility index (Phi) is 3.68. The Morgan fingerprint density at radius 3 is 2.54 bits per heavy atom. The molecule has 0 aliphatic rings. The minimum absolute atomic E-state index is 0.565. The number of nitrogens with one attached hydrogen (secondary N) is 1. The molecule has 0 aliphatic carbocycles. The third-order valence-electron chi connectivity index (χ3n) is 2.35. The van der Waals surface area contributed by atoms with E-state index in [0.717, 1.165) is 24.4 Å². The largest absolute Gasteiger partial charge is 0.373 e. The van der Waals surface area contributed by atoms with E-state index in [-0.39, 0.29) is 0 Å². The second kappa shape index (κ2) is 4.80. The third kappa shape index (κ3) is 2.41. The number of hydrogen-bond acceptors (Lipinski definition) is 3. The molecule has 1 N–H and O–H groups in total. The van der Waals surface area contributed by atoms with Crippen molar-refractivity contribution in [1.82, 2.24) is 9.97 Å². The zero-order valence-corrected chi connectivity index (χ0v) is 8.54. The first-order valence-corrected chi connectivity index (χ1v) is 4.81. The Balaban J connectivity index is 2.86. The third-order valence-corrected chi connectivity index (χ3v) is 2.35. The van der Waals surface area contributed by atoms with Crippen LogP contribution in [-0.4, -0.2) is 17.0 Å². The van der Waals surface area contributed by atoms with Gasteiger partial charge in [0, 0.05) is 24.7 Å². The van der Waals surface area contributed by atoms with Crippen LogP contribution in [0.2, 0.25) is 0 Å². The van der Waals surface area contributed by atoms with Crippen molar-refractivity contribution in [3.8, 4) is 0 Å². The summed E-state index contributed by atoms with van der Waals surface area (Å²) >= 11 is 0. The maximum Gasteiger partial charge on any atom is 0.129 e. The van der Waals surface area contributed by atoms with E-state index >= 15 is 0 Å². The lowest BCUT2D eigenvalue weighted by atomic mass is 9.99. The molecule has 0 saturated carbocycles. The lowest BCUT2D eigenvalue weighted by Gasteiger charge is -2.11. The second-order valence-corrected chi connectivity index (χ2v) is 3.09. The number of rotatable bonds is 4. The van der Waals surface area contributed by atoms with Gasteiger partial charge in [-0.25, -0.2) is 9.97 Å². The highest BCUT2D eigenvalue weighted by Crippen LogP contribution is 2.21. The molecule has 0 saturated heterocycles. The molecule has 3 nitrogen and oxygen atoms in total. The molecule has 0 radical (unpaired) electrons. The van der Waals surface area contributed by atoms with Crippen molar-refractivity contribution >= 4 is 5.82 Å². The molecule has 0 atom stereocenters. The number of aromatic nitrogens is 2. The molecule has 13 heavy (non-hydrogen) atoms. The van der Waals surface area contributed by atoms with E-state index in [1.807, 2.05) is 13.1 Å². The molecular weight excluding hydrogens is 162 g/mol. The summed E-state index contributed by atoms with van der Waals surface area (Å²) in [6, 6.07) is 2.03. The monoisotopic (exact) mass is 179 g/mol. The van der Waals surface area contributed by atoms with Crippen molar-refractivity contribution in [2.45, 2.75) is 32.6 Å². The molecule has 72 valence electrons. The van der Waals surface area contributed by atoms with Crippen molar-refractivity contribution in [2.24, 2.45) is 0 Å². The first-order valence-electron chi connectivity index (χ1n) is 4.81. The summed E-state index contributed by atoms with van der Waals surface area (Å²) in [5.41, 5.74) is 1.14. The fourth-order valence-corrected chi connectivity index (χ4v) is 1.44. The van der Waals surface area contributed by atoms with Gasteiger partial charge in [-0.15, -0.1) is 0 Å². The van der Waals surface area contributed by atoms with Gasteiger partial charge >= 0.3 is 0 Å². The SMILES string of the molecule is CCC(CC)c1cc(NC)ncn1. The van der Waals surface area contributed by atoms with Crippen LogP contribution in [0.1, 0.15) is 38.3 Å². The van der Waals surface area contributed by atoms with Gasteiger partial charge in [0.2, 0.25) is 0 Å². The average molecular weight is 179 g/mol. The standard InChI is InChI=1S/C10H17N3/c1-4-8(5-2)9-6-10(11-3)13-7-12-9/h6-8H,4-5H2,1-3H3,(H,11,12,13). The van der Waals surface area contributed by atoms with Crippen LogP contribution in [0.3, 0.4) is 0 Å². The van der Waals surface area contributed by atoms with Crippen LogP contribution in [0.25, 0.3) is 0 Å². The summed E-state index contributed by atoms with van der Waals surface area (Å²) in [5, 5.41) is 3.02. The van der Waals surface area contributed by atoms with Crippen LogP contribution in [0.15, 0.2) is 12.4 Å². The van der Waals surface area contributed by atoms with Crippen LogP contribution >= 0.6 is 0 Å². The van der Waals surface area contributed by atoms with Gasteiger partial charge in [-0.2, -0.15) is 0 Å². The second-order valence-electron chi connectivity index (χ2n) is 3.09. The summed E-state index contributed by atoms with van der Waals surface area (Å²) in [4.78, 5) is 8.36. The molecule has 1 aromatic rings. The Morgan fingerprint density at radius 2 is 2.00 bits per heavy atom. The van der Waals surface area contributed by atoms with E-state index in [1.165, 1.54) is 0 Å². The first kappa shape index (κ1) is 9.96. The van der Waals surface area contributed by atoms with Crippen LogP contribution < -0.4 is 5.32 Å². The smallest absolute Gasteiger partial charge is 0.129 e. The fourth-order valence-electron chi connectivity index (χ4n) is 1.44. The van der Waals surface area contributed by atoms with Gasteiger partial charge in [-0.3, -0.25) is 0 Å². The van der Waals surface area contributed by atoms with E-state index in [1.54, 1.807) is 6.33 Å². The molecule has 1 aromatic heterocycles. The minimum atomic E-state index is 0.565. The fraction of sp³-hybridized carbons (Fsp3) is 0.600. The molecule has 0 aromatic carbocycles. The quantitative estimate of drug-likeness (QED) is 0.771. The van der Waals surface area contributed by atoms with Crippen molar-refractivity contribution in [2.75, 3.05) is 12.4 Å². The van der Waals surface area contributed by atoms with Gasteiger partial charge in [0.1, 0.15) is 12.1 Å². The van der Waals surface area contributed by atoms with Gasteiger partial charge in [0.05, 0.1) is 0 Å². The molecule has 0 bridgehead atoms. The summed E-state index contributed by atoms with van der Waals surface area (Å²) in [6.45, 7) is 4.38. The van der Waals surface area contributed by atoms with Crippen molar-refractivity contribution in [1.29, 1.82) is 0 Å². The van der Waals surface area contributed by atoms with E-state index in [4.69, 9.17) is 0 Å². The predicted molar refractivity (Wildman–Crippen MR) is 54.9 cm³/mol. The molecule has 0 spiro atoms. The molecule has 0 unspecified atom stereocenters. The number of anilines is 1. The zero-order chi connectivity index (χ0) is 9.68.